The maximum absolute atomic E-state index is 11.8. The van der Waals surface area contributed by atoms with Gasteiger partial charge < -0.3 is 15.7 Å². The number of carbonyl (C=O) groups excluding carboxylic acids is 1. The van der Waals surface area contributed by atoms with Crippen LogP contribution >= 0.6 is 15.9 Å². The van der Waals surface area contributed by atoms with E-state index in [0.29, 0.717) is 5.69 Å². The van der Waals surface area contributed by atoms with Gasteiger partial charge in [-0.05, 0) is 42.3 Å². The molecule has 0 aliphatic heterocycles. The van der Waals surface area contributed by atoms with Crippen LogP contribution in [0.5, 0.6) is 5.75 Å². The molecule has 108 valence electrons. The number of hydrogen-bond acceptors (Lipinski definition) is 2. The van der Waals surface area contributed by atoms with E-state index in [0.717, 1.165) is 15.6 Å². The van der Waals surface area contributed by atoms with Gasteiger partial charge in [0.15, 0.2) is 0 Å². The van der Waals surface area contributed by atoms with Gasteiger partial charge in [-0.2, -0.15) is 0 Å². The topological polar surface area (TPSA) is 61.4 Å². The largest absolute Gasteiger partial charge is 0.506 e. The quantitative estimate of drug-likeness (QED) is 0.727. The number of aryl methyl sites for hydroxylation is 1. The fourth-order valence-corrected chi connectivity index (χ4v) is 2.14. The van der Waals surface area contributed by atoms with E-state index in [1.807, 2.05) is 31.2 Å². The lowest BCUT2D eigenvalue weighted by Crippen LogP contribution is -2.23. The lowest BCUT2D eigenvalue weighted by molar-refractivity contribution is 0.255. The second kappa shape index (κ2) is 6.95. The Hall–Kier alpha value is -2.27. The molecule has 21 heavy (non-hydrogen) atoms. The Morgan fingerprint density at radius 2 is 2.00 bits per heavy atom. The van der Waals surface area contributed by atoms with Gasteiger partial charge in [0.2, 0.25) is 0 Å². The number of anilines is 1. The highest BCUT2D eigenvalue weighted by molar-refractivity contribution is 9.10. The van der Waals surface area contributed by atoms with E-state index in [1.54, 1.807) is 30.5 Å². The average molecular weight is 347 g/mol. The summed E-state index contributed by atoms with van der Waals surface area (Å²) >= 11 is 3.42. The molecule has 0 radical (unpaired) electrons. The number of carbonyl (C=O) groups is 1. The molecule has 4 nitrogen and oxygen atoms in total. The zero-order valence-electron chi connectivity index (χ0n) is 11.4. The average Bonchev–Trinajstić information content (AvgIpc) is 2.45. The summed E-state index contributed by atoms with van der Waals surface area (Å²) in [5, 5.41) is 14.8. The number of rotatable bonds is 3. The Balaban J connectivity index is 1.96. The molecule has 0 atom stereocenters. The summed E-state index contributed by atoms with van der Waals surface area (Å²) < 4.78 is 0.944. The zero-order valence-corrected chi connectivity index (χ0v) is 13.0. The number of aromatic hydroxyl groups is 1. The molecule has 0 aliphatic rings. The number of hydrogen-bond donors (Lipinski definition) is 3. The summed E-state index contributed by atoms with van der Waals surface area (Å²) in [5.41, 5.74) is 2.28. The Bertz CT molecular complexity index is 684. The first-order valence-electron chi connectivity index (χ1n) is 6.34. The van der Waals surface area contributed by atoms with E-state index >= 15 is 0 Å². The van der Waals surface area contributed by atoms with E-state index < -0.39 is 6.03 Å². The van der Waals surface area contributed by atoms with Crippen LogP contribution in [0.4, 0.5) is 10.5 Å². The first-order valence-corrected chi connectivity index (χ1v) is 7.14. The molecule has 0 fully saturated rings. The Labute approximate surface area is 131 Å². The minimum atomic E-state index is -0.417. The molecule has 0 unspecified atom stereocenters. The maximum atomic E-state index is 11.8. The molecule has 0 saturated heterocycles. The monoisotopic (exact) mass is 346 g/mol. The van der Waals surface area contributed by atoms with Crippen LogP contribution in [0.3, 0.4) is 0 Å². The van der Waals surface area contributed by atoms with Crippen LogP contribution in [0.1, 0.15) is 11.1 Å². The Kier molecular flexibility index (Phi) is 5.00. The third-order valence-corrected chi connectivity index (χ3v) is 3.50. The molecular formula is C16H15BrN2O2. The van der Waals surface area contributed by atoms with Crippen molar-refractivity contribution in [2.45, 2.75) is 6.92 Å². The van der Waals surface area contributed by atoms with Gasteiger partial charge in [0.05, 0.1) is 5.69 Å². The lowest BCUT2D eigenvalue weighted by Gasteiger charge is -2.07. The van der Waals surface area contributed by atoms with Crippen molar-refractivity contribution in [1.82, 2.24) is 5.32 Å². The molecule has 3 N–H and O–H groups in total. The predicted octanol–water partition coefficient (Wildman–Crippen LogP) is 4.26. The summed E-state index contributed by atoms with van der Waals surface area (Å²) in [6, 6.07) is 12.3. The van der Waals surface area contributed by atoms with E-state index in [-0.39, 0.29) is 5.75 Å². The molecule has 2 rings (SSSR count). The number of phenols is 1. The first-order chi connectivity index (χ1) is 10.1. The van der Waals surface area contributed by atoms with Crippen molar-refractivity contribution in [3.05, 3.63) is 64.3 Å². The second-order valence-corrected chi connectivity index (χ2v) is 5.33. The maximum Gasteiger partial charge on any atom is 0.323 e. The van der Waals surface area contributed by atoms with Gasteiger partial charge in [-0.25, -0.2) is 4.79 Å². The normalized spacial score (nSPS) is 10.6. The van der Waals surface area contributed by atoms with Gasteiger partial charge in [0.25, 0.3) is 0 Å². The predicted molar refractivity (Wildman–Crippen MR) is 88.2 cm³/mol. The van der Waals surface area contributed by atoms with Crippen molar-refractivity contribution in [2.75, 3.05) is 5.32 Å². The highest BCUT2D eigenvalue weighted by atomic mass is 79.9. The molecule has 2 amide bonds. The van der Waals surface area contributed by atoms with Gasteiger partial charge in [0.1, 0.15) is 5.75 Å². The fourth-order valence-electron chi connectivity index (χ4n) is 1.73. The van der Waals surface area contributed by atoms with Crippen molar-refractivity contribution < 1.29 is 9.90 Å². The summed E-state index contributed by atoms with van der Waals surface area (Å²) in [6.45, 7) is 1.88. The van der Waals surface area contributed by atoms with Crippen LogP contribution in [-0.2, 0) is 0 Å². The van der Waals surface area contributed by atoms with Crippen molar-refractivity contribution in [3.63, 3.8) is 0 Å². The zero-order chi connectivity index (χ0) is 15.2. The molecule has 5 heteroatoms. The number of phenolic OH excluding ortho intramolecular Hbond substituents is 1. The number of halogens is 1. The molecule has 0 aliphatic carbocycles. The molecule has 0 bridgehead atoms. The van der Waals surface area contributed by atoms with Crippen molar-refractivity contribution in [1.29, 1.82) is 0 Å². The van der Waals surface area contributed by atoms with E-state index in [2.05, 4.69) is 26.6 Å². The van der Waals surface area contributed by atoms with Crippen LogP contribution in [0.25, 0.3) is 6.08 Å². The van der Waals surface area contributed by atoms with Crippen molar-refractivity contribution in [3.8, 4) is 5.75 Å². The minimum absolute atomic E-state index is 0.0329. The Morgan fingerprint density at radius 3 is 2.76 bits per heavy atom. The number of urea groups is 1. The van der Waals surface area contributed by atoms with Crippen LogP contribution in [0.2, 0.25) is 0 Å². The molecule has 0 heterocycles. The molecule has 0 saturated carbocycles. The SMILES string of the molecule is Cc1ccc(O)c(NC(=O)N/C=C/c2ccccc2Br)c1. The summed E-state index contributed by atoms with van der Waals surface area (Å²) in [4.78, 5) is 11.8. The summed E-state index contributed by atoms with van der Waals surface area (Å²) in [6.07, 6.45) is 3.32. The van der Waals surface area contributed by atoms with Crippen LogP contribution in [0.15, 0.2) is 53.1 Å². The molecular weight excluding hydrogens is 332 g/mol. The van der Waals surface area contributed by atoms with Crippen molar-refractivity contribution in [2.24, 2.45) is 0 Å². The van der Waals surface area contributed by atoms with Gasteiger partial charge in [-0.15, -0.1) is 0 Å². The third kappa shape index (κ3) is 4.36. The first kappa shape index (κ1) is 15.1. The van der Waals surface area contributed by atoms with Gasteiger partial charge >= 0.3 is 6.03 Å². The number of nitrogens with one attached hydrogen (secondary N) is 2. The third-order valence-electron chi connectivity index (χ3n) is 2.78. The lowest BCUT2D eigenvalue weighted by atomic mass is 10.2. The van der Waals surface area contributed by atoms with E-state index in [4.69, 9.17) is 0 Å². The molecule has 0 aromatic heterocycles. The van der Waals surface area contributed by atoms with Gasteiger partial charge in [0, 0.05) is 10.7 Å². The molecule has 0 spiro atoms. The summed E-state index contributed by atoms with van der Waals surface area (Å²) in [7, 11) is 0. The summed E-state index contributed by atoms with van der Waals surface area (Å²) in [5.74, 6) is 0.0329. The number of benzene rings is 2. The van der Waals surface area contributed by atoms with Crippen LogP contribution < -0.4 is 10.6 Å². The standard InChI is InChI=1S/C16H15BrN2O2/c1-11-6-7-15(20)14(10-11)19-16(21)18-9-8-12-4-2-3-5-13(12)17/h2-10,20H,1H3,(H2,18,19,21)/b9-8+. The molecule has 2 aromatic rings. The van der Waals surface area contributed by atoms with Crippen LogP contribution in [-0.4, -0.2) is 11.1 Å². The fraction of sp³-hybridized carbons (Fsp3) is 0.0625. The minimum Gasteiger partial charge on any atom is -0.506 e. The molecule has 2 aromatic carbocycles. The van der Waals surface area contributed by atoms with Crippen LogP contribution in [0, 0.1) is 6.92 Å². The smallest absolute Gasteiger partial charge is 0.323 e. The van der Waals surface area contributed by atoms with Crippen molar-refractivity contribution >= 4 is 33.7 Å². The second-order valence-electron chi connectivity index (χ2n) is 4.47. The number of amides is 2. The Morgan fingerprint density at radius 1 is 1.24 bits per heavy atom. The van der Waals surface area contributed by atoms with E-state index in [1.165, 1.54) is 0 Å². The highest BCUT2D eigenvalue weighted by Gasteiger charge is 2.04. The highest BCUT2D eigenvalue weighted by Crippen LogP contribution is 2.23. The van der Waals surface area contributed by atoms with Gasteiger partial charge in [-0.3, -0.25) is 0 Å². The van der Waals surface area contributed by atoms with Gasteiger partial charge in [-0.1, -0.05) is 40.2 Å². The van der Waals surface area contributed by atoms with E-state index in [9.17, 15) is 9.90 Å².